The second-order valence-corrected chi connectivity index (χ2v) is 5.06. The van der Waals surface area contributed by atoms with Gasteiger partial charge >= 0.3 is 0 Å². The fraction of sp³-hybridized carbons (Fsp3) is 0.438. The fourth-order valence-electron chi connectivity index (χ4n) is 2.20. The van der Waals surface area contributed by atoms with Gasteiger partial charge in [0.25, 0.3) is 0 Å². The van der Waals surface area contributed by atoms with Crippen molar-refractivity contribution in [1.82, 2.24) is 9.78 Å². The molecule has 0 saturated carbocycles. The lowest BCUT2D eigenvalue weighted by Gasteiger charge is -2.11. The number of benzene rings is 1. The van der Waals surface area contributed by atoms with E-state index in [0.717, 1.165) is 24.4 Å². The zero-order valence-corrected chi connectivity index (χ0v) is 12.8. The minimum atomic E-state index is -0.333. The maximum absolute atomic E-state index is 13.9. The van der Waals surface area contributed by atoms with Crippen LogP contribution in [0.3, 0.4) is 0 Å². The van der Waals surface area contributed by atoms with Gasteiger partial charge < -0.3 is 10.5 Å². The molecule has 1 aromatic heterocycles. The molecular formula is C16H22FN3O. The van der Waals surface area contributed by atoms with Crippen LogP contribution in [-0.2, 0) is 19.6 Å². The highest BCUT2D eigenvalue weighted by Gasteiger charge is 2.10. The van der Waals surface area contributed by atoms with E-state index in [1.54, 1.807) is 19.1 Å². The van der Waals surface area contributed by atoms with E-state index >= 15 is 0 Å². The van der Waals surface area contributed by atoms with Crippen LogP contribution in [0, 0.1) is 5.82 Å². The normalized spacial score (nSPS) is 12.4. The number of halogens is 1. The number of aryl methyl sites for hydroxylation is 2. The Hall–Kier alpha value is -1.88. The summed E-state index contributed by atoms with van der Waals surface area (Å²) < 4.78 is 21.4. The van der Waals surface area contributed by atoms with Crippen LogP contribution in [0.25, 0.3) is 0 Å². The van der Waals surface area contributed by atoms with Gasteiger partial charge in [-0.25, -0.2) is 4.39 Å². The molecule has 5 heteroatoms. The molecule has 0 fully saturated rings. The molecule has 0 radical (unpaired) electrons. The highest BCUT2D eigenvalue weighted by molar-refractivity contribution is 5.30. The molecule has 0 bridgehead atoms. The molecule has 0 aliphatic carbocycles. The van der Waals surface area contributed by atoms with E-state index in [-0.39, 0.29) is 11.9 Å². The summed E-state index contributed by atoms with van der Waals surface area (Å²) in [7, 11) is 0. The van der Waals surface area contributed by atoms with Gasteiger partial charge in [-0.15, -0.1) is 0 Å². The Morgan fingerprint density at radius 1 is 1.33 bits per heavy atom. The quantitative estimate of drug-likeness (QED) is 0.889. The Labute approximate surface area is 124 Å². The van der Waals surface area contributed by atoms with Crippen molar-refractivity contribution in [3.8, 4) is 5.75 Å². The topological polar surface area (TPSA) is 53.1 Å². The molecule has 2 aromatic rings. The summed E-state index contributed by atoms with van der Waals surface area (Å²) >= 11 is 0. The first-order valence-corrected chi connectivity index (χ1v) is 7.28. The number of hydrogen-bond acceptors (Lipinski definition) is 3. The molecular weight excluding hydrogens is 269 g/mol. The van der Waals surface area contributed by atoms with Gasteiger partial charge in [0.05, 0.1) is 11.4 Å². The average molecular weight is 291 g/mol. The molecule has 0 aliphatic rings. The Kier molecular flexibility index (Phi) is 4.96. The van der Waals surface area contributed by atoms with E-state index in [2.05, 4.69) is 12.0 Å². The van der Waals surface area contributed by atoms with Crippen LogP contribution < -0.4 is 10.5 Å². The van der Waals surface area contributed by atoms with Crippen molar-refractivity contribution < 1.29 is 9.13 Å². The van der Waals surface area contributed by atoms with Crippen LogP contribution in [0.4, 0.5) is 4.39 Å². The lowest BCUT2D eigenvalue weighted by Crippen LogP contribution is -2.08. The van der Waals surface area contributed by atoms with Crippen LogP contribution in [0.5, 0.6) is 5.75 Å². The van der Waals surface area contributed by atoms with Gasteiger partial charge in [0.2, 0.25) is 0 Å². The monoisotopic (exact) mass is 291 g/mol. The lowest BCUT2D eigenvalue weighted by atomic mass is 10.1. The average Bonchev–Trinajstić information content (AvgIpc) is 2.87. The molecule has 21 heavy (non-hydrogen) atoms. The van der Waals surface area contributed by atoms with Gasteiger partial charge in [-0.05, 0) is 32.4 Å². The number of aromatic nitrogens is 2. The third-order valence-corrected chi connectivity index (χ3v) is 3.42. The molecule has 0 spiro atoms. The summed E-state index contributed by atoms with van der Waals surface area (Å²) in [5.74, 6) is 0.166. The number of rotatable bonds is 6. The molecule has 0 saturated heterocycles. The summed E-state index contributed by atoms with van der Waals surface area (Å²) in [5.41, 5.74) is 8.22. The predicted molar refractivity (Wildman–Crippen MR) is 80.6 cm³/mol. The number of ether oxygens (including phenoxy) is 1. The minimum Gasteiger partial charge on any atom is -0.487 e. The number of hydrogen-bond donors (Lipinski definition) is 1. The molecule has 1 aromatic carbocycles. The molecule has 1 atom stereocenters. The van der Waals surface area contributed by atoms with Crippen molar-refractivity contribution in [3.63, 3.8) is 0 Å². The standard InChI is InChI=1S/C16H22FN3O/c1-4-12-8-13(20(5-2)19-12)10-21-14-6-7-15(11(3)18)16(17)9-14/h6-9,11H,4-5,10,18H2,1-3H3/t11-/m1/s1. The maximum atomic E-state index is 13.9. The maximum Gasteiger partial charge on any atom is 0.131 e. The van der Waals surface area contributed by atoms with E-state index in [4.69, 9.17) is 10.5 Å². The number of nitrogens with two attached hydrogens (primary N) is 1. The van der Waals surface area contributed by atoms with Gasteiger partial charge in [-0.1, -0.05) is 13.0 Å². The third kappa shape index (κ3) is 3.61. The Balaban J connectivity index is 2.09. The van der Waals surface area contributed by atoms with Gasteiger partial charge in [0.15, 0.2) is 0 Å². The van der Waals surface area contributed by atoms with Crippen LogP contribution >= 0.6 is 0 Å². The molecule has 0 aliphatic heterocycles. The first kappa shape index (κ1) is 15.5. The van der Waals surface area contributed by atoms with E-state index < -0.39 is 0 Å². The summed E-state index contributed by atoms with van der Waals surface area (Å²) in [6.45, 7) is 7.02. The van der Waals surface area contributed by atoms with Crippen LogP contribution in [0.1, 0.15) is 43.8 Å². The van der Waals surface area contributed by atoms with E-state index in [9.17, 15) is 4.39 Å². The van der Waals surface area contributed by atoms with Crippen LogP contribution in [0.15, 0.2) is 24.3 Å². The zero-order chi connectivity index (χ0) is 15.4. The van der Waals surface area contributed by atoms with E-state index in [1.165, 1.54) is 6.07 Å². The molecule has 0 unspecified atom stereocenters. The van der Waals surface area contributed by atoms with Gasteiger partial charge in [-0.2, -0.15) is 5.10 Å². The molecule has 114 valence electrons. The second kappa shape index (κ2) is 6.72. The Morgan fingerprint density at radius 3 is 2.67 bits per heavy atom. The Morgan fingerprint density at radius 2 is 2.10 bits per heavy atom. The highest BCUT2D eigenvalue weighted by Crippen LogP contribution is 2.21. The molecule has 4 nitrogen and oxygen atoms in total. The highest BCUT2D eigenvalue weighted by atomic mass is 19.1. The predicted octanol–water partition coefficient (Wildman–Crippen LogP) is 3.20. The smallest absolute Gasteiger partial charge is 0.131 e. The molecule has 2 N–H and O–H groups in total. The number of nitrogens with zero attached hydrogens (tertiary/aromatic N) is 2. The van der Waals surface area contributed by atoms with Crippen molar-refractivity contribution in [1.29, 1.82) is 0 Å². The van der Waals surface area contributed by atoms with Gasteiger partial charge in [0.1, 0.15) is 18.2 Å². The van der Waals surface area contributed by atoms with Crippen LogP contribution in [-0.4, -0.2) is 9.78 Å². The third-order valence-electron chi connectivity index (χ3n) is 3.42. The SMILES string of the molecule is CCc1cc(COc2ccc([C@@H](C)N)c(F)c2)n(CC)n1. The van der Waals surface area contributed by atoms with Crippen molar-refractivity contribution in [2.24, 2.45) is 5.73 Å². The van der Waals surface area contributed by atoms with Crippen molar-refractivity contribution >= 4 is 0 Å². The van der Waals surface area contributed by atoms with Gasteiger partial charge in [-0.3, -0.25) is 4.68 Å². The second-order valence-electron chi connectivity index (χ2n) is 5.06. The molecule has 2 rings (SSSR count). The molecule has 1 heterocycles. The van der Waals surface area contributed by atoms with E-state index in [0.29, 0.717) is 17.9 Å². The largest absolute Gasteiger partial charge is 0.487 e. The first-order valence-electron chi connectivity index (χ1n) is 7.28. The lowest BCUT2D eigenvalue weighted by molar-refractivity contribution is 0.291. The fourth-order valence-corrected chi connectivity index (χ4v) is 2.20. The van der Waals surface area contributed by atoms with E-state index in [1.807, 2.05) is 17.7 Å². The van der Waals surface area contributed by atoms with Crippen molar-refractivity contribution in [2.75, 3.05) is 0 Å². The van der Waals surface area contributed by atoms with Crippen molar-refractivity contribution in [3.05, 3.63) is 47.0 Å². The summed E-state index contributed by atoms with van der Waals surface area (Å²) in [6.07, 6.45) is 0.887. The summed E-state index contributed by atoms with van der Waals surface area (Å²) in [4.78, 5) is 0. The van der Waals surface area contributed by atoms with Crippen molar-refractivity contribution in [2.45, 2.75) is 46.4 Å². The molecule has 0 amide bonds. The summed E-state index contributed by atoms with van der Waals surface area (Å²) in [5, 5.41) is 4.46. The van der Waals surface area contributed by atoms with Gasteiger partial charge in [0, 0.05) is 24.2 Å². The summed E-state index contributed by atoms with van der Waals surface area (Å²) in [6, 6.07) is 6.49. The van der Waals surface area contributed by atoms with Crippen LogP contribution in [0.2, 0.25) is 0 Å². The minimum absolute atomic E-state index is 0.326. The Bertz CT molecular complexity index is 608. The zero-order valence-electron chi connectivity index (χ0n) is 12.8. The first-order chi connectivity index (χ1) is 10.0.